The van der Waals surface area contributed by atoms with Gasteiger partial charge in [0.15, 0.2) is 5.17 Å². The first-order valence-corrected chi connectivity index (χ1v) is 11.0. The normalized spacial score (nSPS) is 19.3. The number of nitrogens with zero attached hydrogens (tertiary/aromatic N) is 3. The summed E-state index contributed by atoms with van der Waals surface area (Å²) < 4.78 is 5.19. The van der Waals surface area contributed by atoms with Crippen LogP contribution in [-0.2, 0) is 9.59 Å². The predicted octanol–water partition coefficient (Wildman–Crippen LogP) is 4.03. The van der Waals surface area contributed by atoms with E-state index >= 15 is 0 Å². The van der Waals surface area contributed by atoms with Crippen molar-refractivity contribution in [2.24, 2.45) is 4.99 Å². The van der Waals surface area contributed by atoms with Crippen molar-refractivity contribution < 1.29 is 19.2 Å². The molecule has 4 rings (SSSR count). The van der Waals surface area contributed by atoms with Gasteiger partial charge in [-0.2, -0.15) is 0 Å². The zero-order valence-corrected chi connectivity index (χ0v) is 18.4. The van der Waals surface area contributed by atoms with Gasteiger partial charge in [-0.25, -0.2) is 4.99 Å². The van der Waals surface area contributed by atoms with Crippen LogP contribution in [0.5, 0.6) is 5.75 Å². The van der Waals surface area contributed by atoms with Gasteiger partial charge >= 0.3 is 0 Å². The number of rotatable bonds is 7. The number of nitro benzene ring substituents is 1. The Morgan fingerprint density at radius 1 is 1.31 bits per heavy atom. The van der Waals surface area contributed by atoms with Crippen LogP contribution in [0.3, 0.4) is 0 Å². The zero-order chi connectivity index (χ0) is 22.8. The van der Waals surface area contributed by atoms with E-state index < -0.39 is 16.1 Å². The highest BCUT2D eigenvalue weighted by atomic mass is 32.2. The van der Waals surface area contributed by atoms with E-state index in [2.05, 4.69) is 5.32 Å². The number of para-hydroxylation sites is 1. The smallest absolute Gasteiger partial charge is 0.271 e. The van der Waals surface area contributed by atoms with Crippen molar-refractivity contribution in [3.8, 4) is 5.75 Å². The van der Waals surface area contributed by atoms with Crippen molar-refractivity contribution in [2.45, 2.75) is 37.5 Å². The molecule has 2 aromatic carbocycles. The van der Waals surface area contributed by atoms with E-state index in [1.54, 1.807) is 4.90 Å². The van der Waals surface area contributed by atoms with Gasteiger partial charge in [0.25, 0.3) is 5.69 Å². The summed E-state index contributed by atoms with van der Waals surface area (Å²) in [6.45, 7) is 1.96. The number of hydrogen-bond donors (Lipinski definition) is 1. The molecule has 0 aromatic heterocycles. The highest BCUT2D eigenvalue weighted by molar-refractivity contribution is 8.15. The van der Waals surface area contributed by atoms with Crippen LogP contribution in [0.2, 0.25) is 0 Å². The Morgan fingerprint density at radius 2 is 2.06 bits per heavy atom. The number of aliphatic imine (C=N–C) groups is 1. The van der Waals surface area contributed by atoms with Gasteiger partial charge < -0.3 is 10.1 Å². The van der Waals surface area contributed by atoms with E-state index in [-0.39, 0.29) is 29.7 Å². The van der Waals surface area contributed by atoms with Crippen LogP contribution < -0.4 is 10.1 Å². The molecule has 32 heavy (non-hydrogen) atoms. The third kappa shape index (κ3) is 4.59. The monoisotopic (exact) mass is 454 g/mol. The molecule has 2 aromatic rings. The lowest BCUT2D eigenvalue weighted by Gasteiger charge is -2.15. The van der Waals surface area contributed by atoms with Gasteiger partial charge in [0.05, 0.1) is 23.4 Å². The molecule has 1 heterocycles. The minimum absolute atomic E-state index is 0.0780. The van der Waals surface area contributed by atoms with Crippen LogP contribution >= 0.6 is 11.8 Å². The molecule has 0 unspecified atom stereocenters. The van der Waals surface area contributed by atoms with Crippen molar-refractivity contribution in [3.63, 3.8) is 0 Å². The topological polar surface area (TPSA) is 114 Å². The summed E-state index contributed by atoms with van der Waals surface area (Å²) in [5, 5.41) is 13.7. The number of ether oxygens (including phenoxy) is 1. The summed E-state index contributed by atoms with van der Waals surface area (Å²) in [6, 6.07) is 11.8. The molecule has 166 valence electrons. The lowest BCUT2D eigenvalue weighted by Crippen LogP contribution is -2.35. The average molecular weight is 455 g/mol. The molecule has 0 bridgehead atoms. The molecule has 2 amide bonds. The SMILES string of the molecule is COc1ccc([N+](=O)[O-])cc1NC(=O)C[C@H]1SC(=Nc2ccccc2C)N(C2CC2)C1=O. The van der Waals surface area contributed by atoms with E-state index in [0.717, 1.165) is 24.1 Å². The third-order valence-corrected chi connectivity index (χ3v) is 6.40. The van der Waals surface area contributed by atoms with E-state index in [0.29, 0.717) is 10.9 Å². The van der Waals surface area contributed by atoms with Crippen molar-refractivity contribution in [3.05, 3.63) is 58.1 Å². The lowest BCUT2D eigenvalue weighted by atomic mass is 10.2. The Labute approximate surface area is 189 Å². The molecule has 1 aliphatic heterocycles. The Balaban J connectivity index is 1.52. The first-order chi connectivity index (χ1) is 15.4. The number of amidine groups is 1. The third-order valence-electron chi connectivity index (χ3n) is 5.25. The van der Waals surface area contributed by atoms with Crippen LogP contribution in [0.15, 0.2) is 47.5 Å². The van der Waals surface area contributed by atoms with E-state index in [1.165, 1.54) is 37.1 Å². The van der Waals surface area contributed by atoms with E-state index in [4.69, 9.17) is 9.73 Å². The summed E-state index contributed by atoms with van der Waals surface area (Å²) in [7, 11) is 1.41. The van der Waals surface area contributed by atoms with Crippen LogP contribution in [0, 0.1) is 17.0 Å². The van der Waals surface area contributed by atoms with E-state index in [9.17, 15) is 19.7 Å². The molecule has 1 aliphatic carbocycles. The highest BCUT2D eigenvalue weighted by Crippen LogP contribution is 2.40. The minimum atomic E-state index is -0.608. The number of methoxy groups -OCH3 is 1. The molecule has 9 nitrogen and oxygen atoms in total. The quantitative estimate of drug-likeness (QED) is 0.499. The highest BCUT2D eigenvalue weighted by Gasteiger charge is 2.46. The van der Waals surface area contributed by atoms with Gasteiger partial charge in [-0.05, 0) is 37.5 Å². The first-order valence-electron chi connectivity index (χ1n) is 10.1. The number of aryl methyl sites for hydroxylation is 1. The van der Waals surface area contributed by atoms with Gasteiger partial charge in [0.1, 0.15) is 11.0 Å². The van der Waals surface area contributed by atoms with Crippen LogP contribution in [0.1, 0.15) is 24.8 Å². The number of amides is 2. The average Bonchev–Trinajstić information content (AvgIpc) is 3.55. The molecule has 2 aliphatic rings. The fourth-order valence-corrected chi connectivity index (χ4v) is 4.64. The molecule has 1 N–H and O–H groups in total. The maximum atomic E-state index is 13.1. The van der Waals surface area contributed by atoms with Crippen LogP contribution in [0.25, 0.3) is 0 Å². The molecule has 0 spiro atoms. The molecule has 2 fully saturated rings. The lowest BCUT2D eigenvalue weighted by molar-refractivity contribution is -0.384. The van der Waals surface area contributed by atoms with Crippen LogP contribution in [0.4, 0.5) is 17.1 Å². The molecule has 1 saturated carbocycles. The Bertz CT molecular complexity index is 1120. The predicted molar refractivity (Wildman–Crippen MR) is 122 cm³/mol. The second-order valence-corrected chi connectivity index (χ2v) is 8.79. The van der Waals surface area contributed by atoms with Gasteiger partial charge in [-0.3, -0.25) is 24.6 Å². The Kier molecular flexibility index (Phi) is 6.13. The van der Waals surface area contributed by atoms with Crippen molar-refractivity contribution in [2.75, 3.05) is 12.4 Å². The number of carbonyl (C=O) groups is 2. The maximum Gasteiger partial charge on any atom is 0.271 e. The molecular weight excluding hydrogens is 432 g/mol. The summed E-state index contributed by atoms with van der Waals surface area (Å²) in [5.41, 5.74) is 1.82. The Hall–Kier alpha value is -3.40. The number of hydrogen-bond acceptors (Lipinski definition) is 7. The fraction of sp³-hybridized carbons (Fsp3) is 0.318. The number of nitro groups is 1. The summed E-state index contributed by atoms with van der Waals surface area (Å²) in [5.74, 6) is -0.260. The number of nitrogens with one attached hydrogen (secondary N) is 1. The number of non-ortho nitro benzene ring substituents is 1. The molecule has 10 heteroatoms. The summed E-state index contributed by atoms with van der Waals surface area (Å²) in [6.07, 6.45) is 1.76. The molecule has 1 atom stereocenters. The number of carbonyl (C=O) groups excluding carboxylic acids is 2. The Morgan fingerprint density at radius 3 is 2.72 bits per heavy atom. The number of benzene rings is 2. The molecule has 1 saturated heterocycles. The molecule has 0 radical (unpaired) electrons. The summed E-state index contributed by atoms with van der Waals surface area (Å²) >= 11 is 1.28. The van der Waals surface area contributed by atoms with Gasteiger partial charge in [0, 0.05) is 24.6 Å². The molecular formula is C22H22N4O5S. The van der Waals surface area contributed by atoms with Gasteiger partial charge in [-0.1, -0.05) is 30.0 Å². The standard InChI is InChI=1S/C22H22N4O5S/c1-13-5-3-4-6-16(13)24-22-25(14-7-8-14)21(28)19(32-22)12-20(27)23-17-11-15(26(29)30)9-10-18(17)31-2/h3-6,9-11,14,19H,7-8,12H2,1-2H3,(H,23,27)/t19-/m1/s1. The van der Waals surface area contributed by atoms with Crippen molar-refractivity contribution >= 4 is 45.8 Å². The summed E-state index contributed by atoms with van der Waals surface area (Å²) in [4.78, 5) is 42.7. The zero-order valence-electron chi connectivity index (χ0n) is 17.6. The minimum Gasteiger partial charge on any atom is -0.495 e. The fourth-order valence-electron chi connectivity index (χ4n) is 3.43. The second kappa shape index (κ2) is 8.99. The number of thioether (sulfide) groups is 1. The number of anilines is 1. The second-order valence-electron chi connectivity index (χ2n) is 7.62. The first kappa shape index (κ1) is 21.8. The van der Waals surface area contributed by atoms with Gasteiger partial charge in [-0.15, -0.1) is 0 Å². The van der Waals surface area contributed by atoms with Crippen LogP contribution in [-0.4, -0.2) is 45.2 Å². The maximum absolute atomic E-state index is 13.1. The van der Waals surface area contributed by atoms with Crippen molar-refractivity contribution in [1.82, 2.24) is 4.90 Å². The largest absolute Gasteiger partial charge is 0.495 e. The van der Waals surface area contributed by atoms with Gasteiger partial charge in [0.2, 0.25) is 11.8 Å². The van der Waals surface area contributed by atoms with E-state index in [1.807, 2.05) is 31.2 Å². The van der Waals surface area contributed by atoms with Crippen molar-refractivity contribution in [1.29, 1.82) is 0 Å².